The fourth-order valence-corrected chi connectivity index (χ4v) is 2.11. The number of hydrogen-bond donors (Lipinski definition) is 0. The lowest BCUT2D eigenvalue weighted by molar-refractivity contribution is -0.143. The number of benzene rings is 1. The summed E-state index contributed by atoms with van der Waals surface area (Å²) in [6.07, 6.45) is 0.00695. The predicted octanol–water partition coefficient (Wildman–Crippen LogP) is 2.70. The van der Waals surface area contributed by atoms with E-state index in [1.807, 2.05) is 30.3 Å². The van der Waals surface area contributed by atoms with Gasteiger partial charge < -0.3 is 9.47 Å². The first-order valence-corrected chi connectivity index (χ1v) is 5.89. The molecular weight excluding hydrogens is 272 g/mol. The van der Waals surface area contributed by atoms with Crippen molar-refractivity contribution >= 4 is 21.9 Å². The van der Waals surface area contributed by atoms with Crippen LogP contribution in [0.15, 0.2) is 30.3 Å². The average molecular weight is 287 g/mol. The molecular formula is C12H15BrO3. The number of hydrogen-bond acceptors (Lipinski definition) is 3. The van der Waals surface area contributed by atoms with Crippen LogP contribution in [-0.2, 0) is 14.3 Å². The third kappa shape index (κ3) is 3.61. The molecule has 2 atom stereocenters. The van der Waals surface area contributed by atoms with Gasteiger partial charge in [-0.1, -0.05) is 46.3 Å². The molecule has 1 aromatic carbocycles. The molecule has 0 radical (unpaired) electrons. The summed E-state index contributed by atoms with van der Waals surface area (Å²) in [4.78, 5) is 11.2. The molecule has 0 amide bonds. The van der Waals surface area contributed by atoms with Gasteiger partial charge in [0.1, 0.15) is 0 Å². The van der Waals surface area contributed by atoms with E-state index in [-0.39, 0.29) is 23.3 Å². The van der Waals surface area contributed by atoms with Crippen LogP contribution < -0.4 is 0 Å². The Morgan fingerprint density at radius 3 is 2.44 bits per heavy atom. The molecule has 4 heteroatoms. The molecule has 1 rings (SSSR count). The second kappa shape index (κ2) is 6.66. The minimum Gasteiger partial charge on any atom is -0.469 e. The molecule has 1 aromatic rings. The number of carbonyl (C=O) groups excluding carboxylic acids is 1. The standard InChI is InChI=1S/C12H15BrO3/c1-15-10(8-11(14)16-2)12(13)9-6-4-3-5-7-9/h3-7,10,12H,8H2,1-2H3. The van der Waals surface area contributed by atoms with Gasteiger partial charge in [0.05, 0.1) is 24.5 Å². The van der Waals surface area contributed by atoms with E-state index in [1.54, 1.807) is 7.11 Å². The summed E-state index contributed by atoms with van der Waals surface area (Å²) in [5, 5.41) is 0. The maximum atomic E-state index is 11.2. The van der Waals surface area contributed by atoms with Crippen molar-refractivity contribution in [3.63, 3.8) is 0 Å². The maximum absolute atomic E-state index is 11.2. The highest BCUT2D eigenvalue weighted by atomic mass is 79.9. The summed E-state index contributed by atoms with van der Waals surface area (Å²) in [6, 6.07) is 9.83. The Labute approximate surface area is 104 Å². The van der Waals surface area contributed by atoms with Crippen LogP contribution in [0, 0.1) is 0 Å². The van der Waals surface area contributed by atoms with E-state index in [4.69, 9.17) is 4.74 Å². The van der Waals surface area contributed by atoms with Crippen molar-refractivity contribution in [1.82, 2.24) is 0 Å². The summed E-state index contributed by atoms with van der Waals surface area (Å²) in [7, 11) is 2.96. The fourth-order valence-electron chi connectivity index (χ4n) is 1.41. The SMILES string of the molecule is COC(=O)CC(OC)C(Br)c1ccccc1. The molecule has 16 heavy (non-hydrogen) atoms. The molecule has 0 aliphatic carbocycles. The van der Waals surface area contributed by atoms with Gasteiger partial charge in [-0.15, -0.1) is 0 Å². The molecule has 0 saturated carbocycles. The summed E-state index contributed by atoms with van der Waals surface area (Å²) in [5.74, 6) is -0.271. The van der Waals surface area contributed by atoms with Crippen molar-refractivity contribution in [2.24, 2.45) is 0 Å². The number of rotatable bonds is 5. The Morgan fingerprint density at radius 1 is 1.31 bits per heavy atom. The number of methoxy groups -OCH3 is 2. The van der Waals surface area contributed by atoms with Gasteiger partial charge in [-0.3, -0.25) is 4.79 Å². The third-order valence-electron chi connectivity index (χ3n) is 2.34. The first-order chi connectivity index (χ1) is 7.69. The van der Waals surface area contributed by atoms with Gasteiger partial charge in [-0.25, -0.2) is 0 Å². The zero-order valence-corrected chi connectivity index (χ0v) is 10.9. The number of alkyl halides is 1. The zero-order chi connectivity index (χ0) is 12.0. The summed E-state index contributed by atoms with van der Waals surface area (Å²) < 4.78 is 9.92. The van der Waals surface area contributed by atoms with Gasteiger partial charge in [0.25, 0.3) is 0 Å². The number of esters is 1. The van der Waals surface area contributed by atoms with Gasteiger partial charge in [-0.05, 0) is 5.56 Å². The molecule has 2 unspecified atom stereocenters. The lowest BCUT2D eigenvalue weighted by atomic mass is 10.1. The molecule has 0 saturated heterocycles. The van der Waals surface area contributed by atoms with Crippen molar-refractivity contribution < 1.29 is 14.3 Å². The number of ether oxygens (including phenoxy) is 2. The van der Waals surface area contributed by atoms with Crippen LogP contribution >= 0.6 is 15.9 Å². The number of carbonyl (C=O) groups is 1. The Morgan fingerprint density at radius 2 is 1.94 bits per heavy atom. The third-order valence-corrected chi connectivity index (χ3v) is 3.46. The van der Waals surface area contributed by atoms with Crippen LogP contribution in [0.1, 0.15) is 16.8 Å². The van der Waals surface area contributed by atoms with Gasteiger partial charge in [-0.2, -0.15) is 0 Å². The highest BCUT2D eigenvalue weighted by Crippen LogP contribution is 2.29. The highest BCUT2D eigenvalue weighted by molar-refractivity contribution is 9.09. The maximum Gasteiger partial charge on any atom is 0.308 e. The van der Waals surface area contributed by atoms with Gasteiger partial charge in [0.15, 0.2) is 0 Å². The summed E-state index contributed by atoms with van der Waals surface area (Å²) >= 11 is 3.54. The van der Waals surface area contributed by atoms with E-state index in [0.29, 0.717) is 0 Å². The average Bonchev–Trinajstić information content (AvgIpc) is 2.35. The van der Waals surface area contributed by atoms with E-state index in [1.165, 1.54) is 7.11 Å². The second-order valence-electron chi connectivity index (χ2n) is 3.37. The summed E-state index contributed by atoms with van der Waals surface area (Å²) in [6.45, 7) is 0. The van der Waals surface area contributed by atoms with E-state index in [2.05, 4.69) is 20.7 Å². The van der Waals surface area contributed by atoms with Crippen molar-refractivity contribution in [1.29, 1.82) is 0 Å². The van der Waals surface area contributed by atoms with Gasteiger partial charge in [0, 0.05) is 7.11 Å². The van der Waals surface area contributed by atoms with Gasteiger partial charge >= 0.3 is 5.97 Å². The Bertz CT molecular complexity index is 326. The number of halogens is 1. The molecule has 0 spiro atoms. The monoisotopic (exact) mass is 286 g/mol. The lowest BCUT2D eigenvalue weighted by Gasteiger charge is -2.20. The molecule has 0 heterocycles. The Kier molecular flexibility index (Phi) is 5.49. The molecule has 0 aromatic heterocycles. The Balaban J connectivity index is 2.70. The minimum absolute atomic E-state index is 0.0159. The predicted molar refractivity (Wildman–Crippen MR) is 65.5 cm³/mol. The van der Waals surface area contributed by atoms with Crippen molar-refractivity contribution in [2.45, 2.75) is 17.4 Å². The van der Waals surface area contributed by atoms with Crippen molar-refractivity contribution in [2.75, 3.05) is 14.2 Å². The smallest absolute Gasteiger partial charge is 0.308 e. The van der Waals surface area contributed by atoms with Crippen LogP contribution in [0.2, 0.25) is 0 Å². The molecule has 88 valence electrons. The quantitative estimate of drug-likeness (QED) is 0.617. The van der Waals surface area contributed by atoms with E-state index in [0.717, 1.165) is 5.56 Å². The first kappa shape index (κ1) is 13.2. The van der Waals surface area contributed by atoms with E-state index in [9.17, 15) is 4.79 Å². The van der Waals surface area contributed by atoms with Crippen LogP contribution in [-0.4, -0.2) is 26.3 Å². The van der Waals surface area contributed by atoms with Crippen LogP contribution in [0.25, 0.3) is 0 Å². The highest BCUT2D eigenvalue weighted by Gasteiger charge is 2.23. The van der Waals surface area contributed by atoms with Crippen molar-refractivity contribution in [3.05, 3.63) is 35.9 Å². The van der Waals surface area contributed by atoms with Crippen LogP contribution in [0.3, 0.4) is 0 Å². The second-order valence-corrected chi connectivity index (χ2v) is 4.35. The molecule has 0 aliphatic rings. The Hall–Kier alpha value is -0.870. The minimum atomic E-state index is -0.271. The van der Waals surface area contributed by atoms with Crippen molar-refractivity contribution in [3.8, 4) is 0 Å². The largest absolute Gasteiger partial charge is 0.469 e. The van der Waals surface area contributed by atoms with E-state index < -0.39 is 0 Å². The van der Waals surface area contributed by atoms with Gasteiger partial charge in [0.2, 0.25) is 0 Å². The van der Waals surface area contributed by atoms with Crippen LogP contribution in [0.5, 0.6) is 0 Å². The molecule has 3 nitrogen and oxygen atoms in total. The molecule has 0 fully saturated rings. The normalized spacial score (nSPS) is 14.2. The molecule has 0 aliphatic heterocycles. The van der Waals surface area contributed by atoms with E-state index >= 15 is 0 Å². The topological polar surface area (TPSA) is 35.5 Å². The zero-order valence-electron chi connectivity index (χ0n) is 9.35. The van der Waals surface area contributed by atoms with Crippen LogP contribution in [0.4, 0.5) is 0 Å². The fraction of sp³-hybridized carbons (Fsp3) is 0.417. The summed E-state index contributed by atoms with van der Waals surface area (Å²) in [5.41, 5.74) is 1.08. The first-order valence-electron chi connectivity index (χ1n) is 4.97. The molecule has 0 N–H and O–H groups in total. The molecule has 0 bridgehead atoms. The lowest BCUT2D eigenvalue weighted by Crippen LogP contribution is -2.21.